The number of Topliss-reactive ketones (excluding diaryl/α,β-unsaturated/α-hetero) is 1. The number of carbonyl (C=O) groups is 2. The molecule has 144 valence electrons. The summed E-state index contributed by atoms with van der Waals surface area (Å²) in [4.78, 5) is 29.1. The first-order chi connectivity index (χ1) is 13.7. The van der Waals surface area contributed by atoms with Gasteiger partial charge in [-0.2, -0.15) is 0 Å². The molecule has 1 N–H and O–H groups in total. The van der Waals surface area contributed by atoms with Crippen molar-refractivity contribution >= 4 is 11.7 Å². The van der Waals surface area contributed by atoms with E-state index in [1.807, 2.05) is 36.4 Å². The van der Waals surface area contributed by atoms with Crippen LogP contribution in [-0.2, 0) is 17.8 Å². The summed E-state index contributed by atoms with van der Waals surface area (Å²) < 4.78 is 0. The van der Waals surface area contributed by atoms with Gasteiger partial charge in [0.1, 0.15) is 0 Å². The summed E-state index contributed by atoms with van der Waals surface area (Å²) in [7, 11) is 0. The van der Waals surface area contributed by atoms with Crippen LogP contribution in [0.15, 0.2) is 54.6 Å². The van der Waals surface area contributed by atoms with Crippen molar-refractivity contribution in [2.24, 2.45) is 11.3 Å². The molecule has 1 spiro atoms. The Morgan fingerprint density at radius 1 is 1.07 bits per heavy atom. The quantitative estimate of drug-likeness (QED) is 0.894. The third kappa shape index (κ3) is 3.06. The Morgan fingerprint density at radius 2 is 1.82 bits per heavy atom. The van der Waals surface area contributed by atoms with Crippen molar-refractivity contribution in [1.82, 2.24) is 10.2 Å². The minimum Gasteiger partial charge on any atom is -0.353 e. The van der Waals surface area contributed by atoms with Gasteiger partial charge in [-0.1, -0.05) is 54.6 Å². The molecule has 1 saturated heterocycles. The fourth-order valence-corrected chi connectivity index (χ4v) is 5.01. The number of nitrogens with zero attached hydrogens (tertiary/aromatic N) is 1. The first-order valence-electron chi connectivity index (χ1n) is 10.3. The predicted molar refractivity (Wildman–Crippen MR) is 108 cm³/mol. The van der Waals surface area contributed by atoms with Gasteiger partial charge in [0.25, 0.3) is 0 Å². The summed E-state index contributed by atoms with van der Waals surface area (Å²) in [6.45, 7) is 2.10. The van der Waals surface area contributed by atoms with Crippen LogP contribution in [0.4, 0.5) is 0 Å². The number of carbonyl (C=O) groups excluding carboxylic acids is 2. The van der Waals surface area contributed by atoms with Gasteiger partial charge in [0, 0.05) is 31.2 Å². The molecular formula is C24H26N2O2. The Kier molecular flexibility index (Phi) is 4.31. The van der Waals surface area contributed by atoms with Gasteiger partial charge < -0.3 is 5.32 Å². The van der Waals surface area contributed by atoms with Gasteiger partial charge >= 0.3 is 0 Å². The standard InChI is InChI=1S/C24H26N2O2/c27-22-20-9-5-4-8-18(20)12-13-24(22)16-26(14-17-6-2-1-3-7-17)15-21(24)23(28)25-19-10-11-19/h1-9,19,21H,10-16H2,(H,25,28)/t21-,24+/m0/s1. The van der Waals surface area contributed by atoms with Gasteiger partial charge in [0.2, 0.25) is 5.91 Å². The average Bonchev–Trinajstić information content (AvgIpc) is 3.46. The van der Waals surface area contributed by atoms with Crippen LogP contribution in [0.1, 0.15) is 40.7 Å². The van der Waals surface area contributed by atoms with Crippen molar-refractivity contribution in [3.05, 3.63) is 71.3 Å². The molecule has 0 bridgehead atoms. The Hall–Kier alpha value is -2.46. The molecule has 0 unspecified atom stereocenters. The summed E-state index contributed by atoms with van der Waals surface area (Å²) >= 11 is 0. The van der Waals surface area contributed by atoms with Gasteiger partial charge in [-0.25, -0.2) is 0 Å². The van der Waals surface area contributed by atoms with Gasteiger partial charge in [0.15, 0.2) is 5.78 Å². The summed E-state index contributed by atoms with van der Waals surface area (Å²) in [6, 6.07) is 18.6. The first-order valence-corrected chi connectivity index (χ1v) is 10.3. The minimum absolute atomic E-state index is 0.0748. The highest BCUT2D eigenvalue weighted by Gasteiger charge is 2.56. The maximum atomic E-state index is 13.6. The predicted octanol–water partition coefficient (Wildman–Crippen LogP) is 3.21. The number of fused-ring (bicyclic) bond motifs is 1. The molecule has 4 heteroatoms. The van der Waals surface area contributed by atoms with Gasteiger partial charge in [0.05, 0.1) is 11.3 Å². The van der Waals surface area contributed by atoms with Crippen molar-refractivity contribution in [3.8, 4) is 0 Å². The van der Waals surface area contributed by atoms with E-state index in [4.69, 9.17) is 0 Å². The van der Waals surface area contributed by atoms with E-state index >= 15 is 0 Å². The molecule has 2 aromatic carbocycles. The van der Waals surface area contributed by atoms with Gasteiger partial charge in [-0.3, -0.25) is 14.5 Å². The largest absolute Gasteiger partial charge is 0.353 e. The maximum absolute atomic E-state index is 13.6. The summed E-state index contributed by atoms with van der Waals surface area (Å²) in [6.07, 6.45) is 3.76. The molecule has 3 aliphatic rings. The van der Waals surface area contributed by atoms with E-state index in [2.05, 4.69) is 28.4 Å². The molecule has 28 heavy (non-hydrogen) atoms. The van der Waals surface area contributed by atoms with E-state index in [1.54, 1.807) is 0 Å². The van der Waals surface area contributed by atoms with Crippen molar-refractivity contribution in [3.63, 3.8) is 0 Å². The molecule has 0 aromatic heterocycles. The van der Waals surface area contributed by atoms with Crippen LogP contribution in [0.2, 0.25) is 0 Å². The van der Waals surface area contributed by atoms with E-state index < -0.39 is 5.41 Å². The third-order valence-corrected chi connectivity index (χ3v) is 6.66. The second-order valence-corrected chi connectivity index (χ2v) is 8.63. The molecule has 1 saturated carbocycles. The fraction of sp³-hybridized carbons (Fsp3) is 0.417. The van der Waals surface area contributed by atoms with Crippen molar-refractivity contribution in [2.75, 3.05) is 13.1 Å². The summed E-state index contributed by atoms with van der Waals surface area (Å²) in [5, 5.41) is 3.18. The molecule has 5 rings (SSSR count). The number of likely N-dealkylation sites (tertiary alicyclic amines) is 1. The maximum Gasteiger partial charge on any atom is 0.225 e. The summed E-state index contributed by atoms with van der Waals surface area (Å²) in [5.74, 6) is -0.0238. The van der Waals surface area contributed by atoms with Crippen molar-refractivity contribution in [1.29, 1.82) is 0 Å². The van der Waals surface area contributed by atoms with Crippen LogP contribution in [0.25, 0.3) is 0 Å². The number of aryl methyl sites for hydroxylation is 1. The molecule has 2 aromatic rings. The third-order valence-electron chi connectivity index (χ3n) is 6.66. The monoisotopic (exact) mass is 374 g/mol. The molecule has 1 amide bonds. The highest BCUT2D eigenvalue weighted by molar-refractivity contribution is 6.06. The molecule has 0 radical (unpaired) electrons. The molecule has 2 aliphatic carbocycles. The normalized spacial score (nSPS) is 27.0. The van der Waals surface area contributed by atoms with Crippen molar-refractivity contribution < 1.29 is 9.59 Å². The van der Waals surface area contributed by atoms with E-state index in [9.17, 15) is 9.59 Å². The zero-order chi connectivity index (χ0) is 19.1. The molecule has 1 heterocycles. The second kappa shape index (κ2) is 6.85. The second-order valence-electron chi connectivity index (χ2n) is 8.63. The topological polar surface area (TPSA) is 49.4 Å². The molecule has 2 fully saturated rings. The lowest BCUT2D eigenvalue weighted by Gasteiger charge is -2.37. The van der Waals surface area contributed by atoms with Crippen LogP contribution >= 0.6 is 0 Å². The molecular weight excluding hydrogens is 348 g/mol. The van der Waals surface area contributed by atoms with E-state index in [0.29, 0.717) is 19.1 Å². The van der Waals surface area contributed by atoms with E-state index in [-0.39, 0.29) is 17.6 Å². The zero-order valence-corrected chi connectivity index (χ0v) is 16.1. The fourth-order valence-electron chi connectivity index (χ4n) is 5.01. The minimum atomic E-state index is -0.595. The number of rotatable bonds is 4. The number of nitrogens with one attached hydrogen (secondary N) is 1. The lowest BCUT2D eigenvalue weighted by molar-refractivity contribution is -0.127. The van der Waals surface area contributed by atoms with E-state index in [1.165, 1.54) is 5.56 Å². The SMILES string of the molecule is O=C(NC1CC1)[C@@H]1CN(Cc2ccccc2)C[C@]12CCc1ccccc1C2=O. The lowest BCUT2D eigenvalue weighted by Crippen LogP contribution is -2.48. The highest BCUT2D eigenvalue weighted by atomic mass is 16.2. The molecule has 2 atom stereocenters. The number of hydrogen-bond acceptors (Lipinski definition) is 3. The van der Waals surface area contributed by atoms with Crippen LogP contribution in [-0.4, -0.2) is 35.7 Å². The van der Waals surface area contributed by atoms with Crippen LogP contribution in [0, 0.1) is 11.3 Å². The highest BCUT2D eigenvalue weighted by Crippen LogP contribution is 2.47. The summed E-state index contributed by atoms with van der Waals surface area (Å²) in [5.41, 5.74) is 2.58. The Balaban J connectivity index is 1.46. The van der Waals surface area contributed by atoms with Gasteiger partial charge in [-0.15, -0.1) is 0 Å². The first kappa shape index (κ1) is 17.6. The smallest absolute Gasteiger partial charge is 0.225 e. The Bertz CT molecular complexity index is 906. The van der Waals surface area contributed by atoms with Crippen LogP contribution < -0.4 is 5.32 Å². The Morgan fingerprint density at radius 3 is 2.61 bits per heavy atom. The zero-order valence-electron chi connectivity index (χ0n) is 16.1. The number of hydrogen-bond donors (Lipinski definition) is 1. The van der Waals surface area contributed by atoms with Crippen LogP contribution in [0.3, 0.4) is 0 Å². The van der Waals surface area contributed by atoms with Crippen molar-refractivity contribution in [2.45, 2.75) is 38.3 Å². The molecule has 4 nitrogen and oxygen atoms in total. The van der Waals surface area contributed by atoms with E-state index in [0.717, 1.165) is 43.4 Å². The number of amides is 1. The van der Waals surface area contributed by atoms with Gasteiger partial charge in [-0.05, 0) is 36.8 Å². The average molecular weight is 374 g/mol. The molecule has 1 aliphatic heterocycles. The number of benzene rings is 2. The van der Waals surface area contributed by atoms with Crippen LogP contribution in [0.5, 0.6) is 0 Å². The number of ketones is 1. The Labute approximate surface area is 165 Å². The lowest BCUT2D eigenvalue weighted by atomic mass is 9.64.